The highest BCUT2D eigenvalue weighted by Gasteiger charge is 2.56. The maximum absolute atomic E-state index is 13.5. The Balaban J connectivity index is 1.35. The molecule has 2 aliphatic heterocycles. The van der Waals surface area contributed by atoms with Gasteiger partial charge in [-0.05, 0) is 55.8 Å². The van der Waals surface area contributed by atoms with Crippen molar-refractivity contribution in [3.8, 4) is 11.5 Å². The smallest absolute Gasteiger partial charge is 0.487 e. The van der Waals surface area contributed by atoms with Crippen molar-refractivity contribution >= 4 is 52.6 Å². The number of halogens is 1. The van der Waals surface area contributed by atoms with Crippen molar-refractivity contribution in [2.75, 3.05) is 6.61 Å². The number of carbonyl (C=O) groups is 2. The summed E-state index contributed by atoms with van der Waals surface area (Å²) >= 11 is 7.36. The highest BCUT2D eigenvalue weighted by Crippen LogP contribution is 2.56. The van der Waals surface area contributed by atoms with Crippen molar-refractivity contribution in [3.63, 3.8) is 0 Å². The van der Waals surface area contributed by atoms with Crippen molar-refractivity contribution in [3.05, 3.63) is 112 Å². The van der Waals surface area contributed by atoms with Crippen molar-refractivity contribution in [2.45, 2.75) is 31.9 Å². The van der Waals surface area contributed by atoms with Crippen molar-refractivity contribution in [2.24, 2.45) is 4.99 Å². The van der Waals surface area contributed by atoms with Gasteiger partial charge in [0.2, 0.25) is 0 Å². The standard InChI is InChI=1S/C29H25ClN3O9PS/c1-18-8-14-23(15-9-18)42-43(30,38)41-19(2)26(29(35)40-16-20-10-12-21(13-11-20)33(36)37)32-27(34)25-28(32)44-24(31-25)17-39-22-6-4-3-5-7-22/h3-15,25,28H,16-17H2,1-2H3. The predicted molar refractivity (Wildman–Crippen MR) is 163 cm³/mol. The first-order valence-corrected chi connectivity index (χ1v) is 16.4. The number of amides is 1. The van der Waals surface area contributed by atoms with Gasteiger partial charge in [-0.25, -0.2) is 9.36 Å². The van der Waals surface area contributed by atoms with E-state index in [9.17, 15) is 24.3 Å². The molecule has 228 valence electrons. The number of esters is 1. The van der Waals surface area contributed by atoms with Crippen LogP contribution in [-0.2, 0) is 30.0 Å². The van der Waals surface area contributed by atoms with E-state index in [1.165, 1.54) is 43.0 Å². The number of rotatable bonds is 12. The Morgan fingerprint density at radius 1 is 1.05 bits per heavy atom. The molecule has 15 heteroatoms. The number of hydrogen-bond acceptors (Lipinski definition) is 11. The zero-order valence-corrected chi connectivity index (χ0v) is 25.8. The van der Waals surface area contributed by atoms with Crippen LogP contribution in [0.3, 0.4) is 0 Å². The number of non-ortho nitro benzene ring substituents is 1. The second-order valence-corrected chi connectivity index (χ2v) is 13.3. The quantitative estimate of drug-likeness (QED) is 0.0409. The SMILES string of the molecule is CC(OP(=O)(Cl)Oc1ccc(C)cc1)=C(C(=O)OCc1ccc([N+](=O)[O-])cc1)N1C(=O)C2N=C(COc3ccccc3)SC21. The highest BCUT2D eigenvalue weighted by atomic mass is 35.7. The first kappa shape index (κ1) is 31.1. The molecule has 3 aromatic rings. The summed E-state index contributed by atoms with van der Waals surface area (Å²) in [4.78, 5) is 42.7. The first-order valence-electron chi connectivity index (χ1n) is 13.1. The minimum Gasteiger partial charge on any atom is -0.487 e. The van der Waals surface area contributed by atoms with E-state index in [2.05, 4.69) is 4.99 Å². The molecule has 1 amide bonds. The summed E-state index contributed by atoms with van der Waals surface area (Å²) in [6.07, 6.45) is 0. The number of nitrogens with zero attached hydrogens (tertiary/aromatic N) is 3. The van der Waals surface area contributed by atoms with Gasteiger partial charge in [0.1, 0.15) is 40.9 Å². The third kappa shape index (κ3) is 7.24. The lowest BCUT2D eigenvalue weighted by atomic mass is 10.1. The molecule has 0 aliphatic carbocycles. The van der Waals surface area contributed by atoms with Crippen LogP contribution in [0.15, 0.2) is 95.3 Å². The largest absolute Gasteiger partial charge is 0.530 e. The molecule has 0 N–H and O–H groups in total. The number of thioether (sulfide) groups is 1. The Labute approximate surface area is 261 Å². The number of likely N-dealkylation sites (tertiary alicyclic amines) is 1. The third-order valence-corrected chi connectivity index (χ3v) is 8.97. The van der Waals surface area contributed by atoms with Crippen LogP contribution in [0.25, 0.3) is 0 Å². The van der Waals surface area contributed by atoms with Gasteiger partial charge in [0.15, 0.2) is 11.7 Å². The number of benzene rings is 3. The number of hydrogen-bond donors (Lipinski definition) is 0. The second-order valence-electron chi connectivity index (χ2n) is 9.62. The Kier molecular flexibility index (Phi) is 9.28. The number of ether oxygens (including phenoxy) is 2. The lowest BCUT2D eigenvalue weighted by Crippen LogP contribution is -2.61. The van der Waals surface area contributed by atoms with Gasteiger partial charge in [-0.15, -0.1) is 0 Å². The summed E-state index contributed by atoms with van der Waals surface area (Å²) in [5, 5.41) is 10.9. The molecular formula is C29H25ClN3O9PS. The van der Waals surface area contributed by atoms with Crippen molar-refractivity contribution in [1.29, 1.82) is 0 Å². The lowest BCUT2D eigenvalue weighted by molar-refractivity contribution is -0.384. The number of fused-ring (bicyclic) bond motifs is 1. The fourth-order valence-electron chi connectivity index (χ4n) is 4.27. The van der Waals surface area contributed by atoms with Crippen molar-refractivity contribution in [1.82, 2.24) is 4.90 Å². The van der Waals surface area contributed by atoms with E-state index < -0.39 is 35.2 Å². The normalized spacial score (nSPS) is 19.0. The van der Waals surface area contributed by atoms with Gasteiger partial charge < -0.3 is 18.5 Å². The zero-order valence-electron chi connectivity index (χ0n) is 23.3. The van der Waals surface area contributed by atoms with Gasteiger partial charge in [0.05, 0.1) is 4.92 Å². The first-order chi connectivity index (χ1) is 21.0. The van der Waals surface area contributed by atoms with Crippen LogP contribution < -0.4 is 9.26 Å². The molecular weight excluding hydrogens is 633 g/mol. The van der Waals surface area contributed by atoms with E-state index >= 15 is 0 Å². The van der Waals surface area contributed by atoms with Crippen LogP contribution in [0.5, 0.6) is 11.5 Å². The Hall–Kier alpha value is -4.32. The van der Waals surface area contributed by atoms with Crippen LogP contribution >= 0.6 is 30.0 Å². The Morgan fingerprint density at radius 3 is 2.39 bits per heavy atom. The number of nitro groups is 1. The van der Waals surface area contributed by atoms with E-state index in [1.807, 2.05) is 25.1 Å². The minimum absolute atomic E-state index is 0.114. The summed E-state index contributed by atoms with van der Waals surface area (Å²) in [7, 11) is 0. The molecule has 3 unspecified atom stereocenters. The minimum atomic E-state index is -4.35. The fraction of sp³-hybridized carbons (Fsp3) is 0.207. The summed E-state index contributed by atoms with van der Waals surface area (Å²) in [6, 6.07) is 20.3. The molecule has 3 aromatic carbocycles. The van der Waals surface area contributed by atoms with Crippen LogP contribution in [0, 0.1) is 17.0 Å². The van der Waals surface area contributed by atoms with Gasteiger partial charge >= 0.3 is 12.9 Å². The Bertz CT molecular complexity index is 1680. The monoisotopic (exact) mass is 657 g/mol. The summed E-state index contributed by atoms with van der Waals surface area (Å²) in [5.41, 5.74) is 0.935. The lowest BCUT2D eigenvalue weighted by Gasteiger charge is -2.41. The van der Waals surface area contributed by atoms with Gasteiger partial charge in [-0.2, -0.15) is 0 Å². The molecule has 0 aromatic heterocycles. The fourth-order valence-corrected chi connectivity index (χ4v) is 6.85. The number of carbonyl (C=O) groups excluding carboxylic acids is 2. The van der Waals surface area contributed by atoms with Crippen LogP contribution in [0.2, 0.25) is 0 Å². The molecule has 12 nitrogen and oxygen atoms in total. The summed E-state index contributed by atoms with van der Waals surface area (Å²) in [6.45, 7) is -1.33. The molecule has 1 saturated heterocycles. The maximum Gasteiger partial charge on any atom is 0.530 e. The summed E-state index contributed by atoms with van der Waals surface area (Å²) < 4.78 is 35.2. The predicted octanol–water partition coefficient (Wildman–Crippen LogP) is 6.38. The van der Waals surface area contributed by atoms with E-state index in [0.29, 0.717) is 16.4 Å². The molecule has 5 rings (SSSR count). The molecule has 3 atom stereocenters. The van der Waals surface area contributed by atoms with Crippen molar-refractivity contribution < 1.29 is 37.6 Å². The molecule has 44 heavy (non-hydrogen) atoms. The number of para-hydroxylation sites is 1. The number of nitro benzene ring substituents is 1. The number of aliphatic imine (C=N–C) groups is 1. The number of allylic oxidation sites excluding steroid dienone is 1. The molecule has 0 saturated carbocycles. The zero-order chi connectivity index (χ0) is 31.4. The number of aryl methyl sites for hydroxylation is 1. The van der Waals surface area contributed by atoms with Crippen LogP contribution in [0.4, 0.5) is 5.69 Å². The molecule has 1 fully saturated rings. The maximum atomic E-state index is 13.5. The highest BCUT2D eigenvalue weighted by molar-refractivity contribution is 8.15. The second kappa shape index (κ2) is 13.1. The van der Waals surface area contributed by atoms with Crippen LogP contribution in [-0.4, -0.2) is 44.8 Å². The van der Waals surface area contributed by atoms with Gasteiger partial charge in [0.25, 0.3) is 11.6 Å². The average Bonchev–Trinajstić information content (AvgIpc) is 3.38. The van der Waals surface area contributed by atoms with E-state index in [-0.39, 0.29) is 36.1 Å². The average molecular weight is 658 g/mol. The molecule has 0 spiro atoms. The van der Waals surface area contributed by atoms with E-state index in [1.54, 1.807) is 36.4 Å². The Morgan fingerprint density at radius 2 is 1.73 bits per heavy atom. The molecule has 2 aliphatic rings. The molecule has 2 heterocycles. The summed E-state index contributed by atoms with van der Waals surface area (Å²) in [5.74, 6) is -0.956. The third-order valence-electron chi connectivity index (χ3n) is 6.43. The van der Waals surface area contributed by atoms with Gasteiger partial charge in [-0.3, -0.25) is 24.8 Å². The van der Waals surface area contributed by atoms with E-state index in [0.717, 1.165) is 10.5 Å². The van der Waals surface area contributed by atoms with E-state index in [4.69, 9.17) is 29.8 Å². The number of β-lactam (4-membered cyclic amide) rings is 1. The molecule has 0 radical (unpaired) electrons. The van der Waals surface area contributed by atoms with Gasteiger partial charge in [-0.1, -0.05) is 47.7 Å². The topological polar surface area (TPSA) is 147 Å². The van der Waals surface area contributed by atoms with Crippen LogP contribution in [0.1, 0.15) is 18.1 Å². The molecule has 0 bridgehead atoms. The van der Waals surface area contributed by atoms with Gasteiger partial charge in [0, 0.05) is 23.4 Å².